The Kier molecular flexibility index (Phi) is 5.16. The molecule has 2 bridgehead atoms. The summed E-state index contributed by atoms with van der Waals surface area (Å²) in [4.78, 5) is 21.0. The van der Waals surface area contributed by atoms with Crippen molar-refractivity contribution in [1.82, 2.24) is 9.96 Å². The maximum atomic E-state index is 12.7. The summed E-state index contributed by atoms with van der Waals surface area (Å²) in [7, 11) is 1.66. The molecule has 2 aliphatic rings. The first-order valence-corrected chi connectivity index (χ1v) is 9.28. The van der Waals surface area contributed by atoms with Gasteiger partial charge in [-0.15, -0.1) is 0 Å². The van der Waals surface area contributed by atoms with Crippen LogP contribution in [0.15, 0.2) is 60.7 Å². The van der Waals surface area contributed by atoms with E-state index in [-0.39, 0.29) is 24.5 Å². The van der Waals surface area contributed by atoms with E-state index in [1.165, 1.54) is 5.06 Å². The smallest absolute Gasteiger partial charge is 0.251 e. The minimum absolute atomic E-state index is 0.0594. The molecule has 4 rings (SSSR count). The van der Waals surface area contributed by atoms with Gasteiger partial charge < -0.3 is 4.74 Å². The third-order valence-electron chi connectivity index (χ3n) is 4.93. The van der Waals surface area contributed by atoms with E-state index in [0.29, 0.717) is 11.7 Å². The van der Waals surface area contributed by atoms with Gasteiger partial charge in [0.05, 0.1) is 19.6 Å². The van der Waals surface area contributed by atoms with E-state index in [9.17, 15) is 4.79 Å². The van der Waals surface area contributed by atoms with Gasteiger partial charge in [-0.2, -0.15) is 0 Å². The summed E-state index contributed by atoms with van der Waals surface area (Å²) in [6, 6.07) is 15.4. The molecule has 3 unspecified atom stereocenters. The lowest BCUT2D eigenvalue weighted by Gasteiger charge is -2.46. The normalized spacial score (nSPS) is 23.9. The number of fused-ring (bicyclic) bond motifs is 2. The number of hydrogen-bond donors (Lipinski definition) is 0. The van der Waals surface area contributed by atoms with Crippen LogP contribution in [-0.2, 0) is 16.1 Å². The van der Waals surface area contributed by atoms with Crippen LogP contribution in [0, 0.1) is 0 Å². The monoisotopic (exact) mass is 384 g/mol. The van der Waals surface area contributed by atoms with Crippen molar-refractivity contribution in [2.24, 2.45) is 0 Å². The second kappa shape index (κ2) is 7.72. The highest BCUT2D eigenvalue weighted by atomic mass is 35.5. The fourth-order valence-corrected chi connectivity index (χ4v) is 3.67. The summed E-state index contributed by atoms with van der Waals surface area (Å²) < 4.78 is 5.24. The highest BCUT2D eigenvalue weighted by Gasteiger charge is 2.39. The average Bonchev–Trinajstić information content (AvgIpc) is 2.69. The number of ether oxygens (including phenoxy) is 1. The molecule has 6 heteroatoms. The van der Waals surface area contributed by atoms with E-state index < -0.39 is 0 Å². The lowest BCUT2D eigenvalue weighted by atomic mass is 9.96. The van der Waals surface area contributed by atoms with Gasteiger partial charge in [-0.3, -0.25) is 14.5 Å². The van der Waals surface area contributed by atoms with E-state index >= 15 is 0 Å². The predicted molar refractivity (Wildman–Crippen MR) is 103 cm³/mol. The second-order valence-electron chi connectivity index (χ2n) is 6.70. The standard InChI is InChI=1S/C21H21ClN2O3/c1-26-18-10-6-16(7-11-18)21-19-3-2-12-23(21)14-24(27-19)20(25)13-15-4-8-17(22)9-5-15/h2-11,19,21H,12-14H2,1H3. The number of rotatable bonds is 4. The quantitative estimate of drug-likeness (QED) is 0.755. The number of methoxy groups -OCH3 is 1. The molecular weight excluding hydrogens is 364 g/mol. The van der Waals surface area contributed by atoms with Gasteiger partial charge in [0.1, 0.15) is 18.5 Å². The third kappa shape index (κ3) is 3.86. The lowest BCUT2D eigenvalue weighted by Crippen LogP contribution is -2.55. The first-order valence-electron chi connectivity index (χ1n) is 8.90. The summed E-state index contributed by atoms with van der Waals surface area (Å²) in [6.45, 7) is 1.21. The van der Waals surface area contributed by atoms with Crippen molar-refractivity contribution >= 4 is 17.5 Å². The topological polar surface area (TPSA) is 42.0 Å². The minimum atomic E-state index is -0.199. The summed E-state index contributed by atoms with van der Waals surface area (Å²) >= 11 is 5.91. The molecule has 1 amide bonds. The van der Waals surface area contributed by atoms with E-state index in [0.717, 1.165) is 23.4 Å². The maximum absolute atomic E-state index is 12.7. The fraction of sp³-hybridized carbons (Fsp3) is 0.286. The molecular formula is C21H21ClN2O3. The highest BCUT2D eigenvalue weighted by molar-refractivity contribution is 6.30. The molecule has 27 heavy (non-hydrogen) atoms. The molecule has 2 aliphatic heterocycles. The van der Waals surface area contributed by atoms with Gasteiger partial charge in [0.25, 0.3) is 5.91 Å². The first kappa shape index (κ1) is 18.0. The summed E-state index contributed by atoms with van der Waals surface area (Å²) in [5.74, 6) is 0.766. The van der Waals surface area contributed by atoms with E-state index in [4.69, 9.17) is 21.2 Å². The molecule has 2 heterocycles. The molecule has 3 atom stereocenters. The van der Waals surface area contributed by atoms with Gasteiger partial charge in [-0.25, -0.2) is 5.06 Å². The Morgan fingerprint density at radius 3 is 2.59 bits per heavy atom. The minimum Gasteiger partial charge on any atom is -0.497 e. The van der Waals surface area contributed by atoms with Crippen LogP contribution >= 0.6 is 11.6 Å². The molecule has 1 saturated heterocycles. The van der Waals surface area contributed by atoms with Crippen molar-refractivity contribution in [2.45, 2.75) is 18.6 Å². The van der Waals surface area contributed by atoms with E-state index in [1.807, 2.05) is 30.3 Å². The van der Waals surface area contributed by atoms with Gasteiger partial charge in [-0.05, 0) is 35.4 Å². The first-order chi connectivity index (χ1) is 13.1. The number of hydroxylamine groups is 2. The fourth-order valence-electron chi connectivity index (χ4n) is 3.54. The third-order valence-corrected chi connectivity index (χ3v) is 5.19. The Bertz CT molecular complexity index is 836. The SMILES string of the molecule is COc1ccc(C2C3C=CCN2CN(C(=O)Cc2ccc(Cl)cc2)O3)cc1. The molecule has 2 aromatic rings. The van der Waals surface area contributed by atoms with Gasteiger partial charge in [0.2, 0.25) is 0 Å². The molecule has 2 aromatic carbocycles. The Morgan fingerprint density at radius 2 is 1.93 bits per heavy atom. The number of nitrogens with zero attached hydrogens (tertiary/aromatic N) is 2. The van der Waals surface area contributed by atoms with Crippen molar-refractivity contribution in [2.75, 3.05) is 20.3 Å². The van der Waals surface area contributed by atoms with Crippen LogP contribution in [0.25, 0.3) is 0 Å². The van der Waals surface area contributed by atoms with Crippen molar-refractivity contribution in [3.8, 4) is 5.75 Å². The van der Waals surface area contributed by atoms with Crippen LogP contribution in [0.5, 0.6) is 5.75 Å². The largest absolute Gasteiger partial charge is 0.497 e. The van der Waals surface area contributed by atoms with Crippen LogP contribution in [0.3, 0.4) is 0 Å². The van der Waals surface area contributed by atoms with Crippen LogP contribution in [0.2, 0.25) is 5.02 Å². The van der Waals surface area contributed by atoms with Gasteiger partial charge in [0, 0.05) is 11.6 Å². The molecule has 0 spiro atoms. The Balaban J connectivity index is 1.48. The Labute approximate surface area is 163 Å². The maximum Gasteiger partial charge on any atom is 0.251 e. The van der Waals surface area contributed by atoms with E-state index in [1.54, 1.807) is 19.2 Å². The molecule has 0 N–H and O–H groups in total. The van der Waals surface area contributed by atoms with Gasteiger partial charge in [-0.1, -0.05) is 48.0 Å². The number of carbonyl (C=O) groups is 1. The average molecular weight is 385 g/mol. The number of amides is 1. The Morgan fingerprint density at radius 1 is 1.19 bits per heavy atom. The van der Waals surface area contributed by atoms with Crippen LogP contribution < -0.4 is 4.74 Å². The van der Waals surface area contributed by atoms with E-state index in [2.05, 4.69) is 23.1 Å². The zero-order chi connectivity index (χ0) is 18.8. The summed E-state index contributed by atoms with van der Waals surface area (Å²) in [5, 5.41) is 2.14. The molecule has 0 saturated carbocycles. The van der Waals surface area contributed by atoms with Gasteiger partial charge >= 0.3 is 0 Å². The molecule has 0 aromatic heterocycles. The number of hydrogen-bond acceptors (Lipinski definition) is 4. The summed E-state index contributed by atoms with van der Waals surface area (Å²) in [5.41, 5.74) is 2.07. The number of halogens is 1. The summed E-state index contributed by atoms with van der Waals surface area (Å²) in [6.07, 6.45) is 4.21. The molecule has 0 aliphatic carbocycles. The zero-order valence-electron chi connectivity index (χ0n) is 15.0. The van der Waals surface area contributed by atoms with Gasteiger partial charge in [0.15, 0.2) is 0 Å². The second-order valence-corrected chi connectivity index (χ2v) is 7.14. The number of benzene rings is 2. The van der Waals surface area contributed by atoms with Crippen LogP contribution in [0.4, 0.5) is 0 Å². The van der Waals surface area contributed by atoms with Crippen LogP contribution in [0.1, 0.15) is 17.2 Å². The molecule has 1 fully saturated rings. The highest BCUT2D eigenvalue weighted by Crippen LogP contribution is 2.35. The van der Waals surface area contributed by atoms with Crippen molar-refractivity contribution in [3.63, 3.8) is 0 Å². The van der Waals surface area contributed by atoms with Crippen molar-refractivity contribution < 1.29 is 14.4 Å². The molecule has 5 nitrogen and oxygen atoms in total. The zero-order valence-corrected chi connectivity index (χ0v) is 15.8. The van der Waals surface area contributed by atoms with Crippen molar-refractivity contribution in [3.05, 3.63) is 76.8 Å². The number of carbonyl (C=O) groups excluding carboxylic acids is 1. The molecule has 140 valence electrons. The van der Waals surface area contributed by atoms with Crippen molar-refractivity contribution in [1.29, 1.82) is 0 Å². The Hall–Kier alpha value is -2.34. The van der Waals surface area contributed by atoms with Crippen LogP contribution in [-0.4, -0.2) is 42.3 Å². The molecule has 0 radical (unpaired) electrons. The predicted octanol–water partition coefficient (Wildman–Crippen LogP) is 3.60. The lowest BCUT2D eigenvalue weighted by molar-refractivity contribution is -0.254.